The maximum atomic E-state index is 13.4. The second kappa shape index (κ2) is 10.1. The van der Waals surface area contributed by atoms with Crippen molar-refractivity contribution >= 4 is 39.8 Å². The standard InChI is InChI=1S/C24H30N8O3/c1-3-30-7-9-31(10-8-30)21-12-20-16(11-18(21)28-29-19(13-25)23(26)27)22(33)17(24(34)35-4-2)14-32(20)15-5-6-15/h11-12,14-15,28H,3-10H2,1-2H3,(H3,26,27)/b29-19+. The lowest BCUT2D eigenvalue weighted by molar-refractivity contribution is 0.0524. The first-order chi connectivity index (χ1) is 16.9. The van der Waals surface area contributed by atoms with E-state index in [0.717, 1.165) is 56.8 Å². The monoisotopic (exact) mass is 478 g/mol. The minimum absolute atomic E-state index is 0.00791. The van der Waals surface area contributed by atoms with E-state index in [1.54, 1.807) is 25.3 Å². The summed E-state index contributed by atoms with van der Waals surface area (Å²) in [5, 5.41) is 21.2. The molecule has 1 saturated heterocycles. The van der Waals surface area contributed by atoms with Gasteiger partial charge in [0, 0.05) is 43.8 Å². The number of amidine groups is 1. The molecule has 0 radical (unpaired) electrons. The minimum Gasteiger partial charge on any atom is -0.462 e. The van der Waals surface area contributed by atoms with Crippen LogP contribution in [0.5, 0.6) is 0 Å². The van der Waals surface area contributed by atoms with Gasteiger partial charge in [0.05, 0.1) is 23.5 Å². The summed E-state index contributed by atoms with van der Waals surface area (Å²) < 4.78 is 7.12. The highest BCUT2D eigenvalue weighted by atomic mass is 16.5. The second-order valence-electron chi connectivity index (χ2n) is 8.64. The van der Waals surface area contributed by atoms with Crippen LogP contribution in [0, 0.1) is 16.7 Å². The van der Waals surface area contributed by atoms with Crippen LogP contribution in [0.15, 0.2) is 28.2 Å². The molecule has 1 aromatic heterocycles. The third-order valence-electron chi connectivity index (χ3n) is 6.39. The molecule has 1 saturated carbocycles. The number of anilines is 2. The van der Waals surface area contributed by atoms with Crippen molar-refractivity contribution in [3.05, 3.63) is 34.1 Å². The zero-order valence-corrected chi connectivity index (χ0v) is 20.0. The van der Waals surface area contributed by atoms with Crippen molar-refractivity contribution in [1.29, 1.82) is 10.7 Å². The summed E-state index contributed by atoms with van der Waals surface area (Å²) >= 11 is 0. The molecule has 2 aliphatic rings. The molecule has 11 heteroatoms. The maximum absolute atomic E-state index is 13.4. The fourth-order valence-electron chi connectivity index (χ4n) is 4.31. The Bertz CT molecular complexity index is 1280. The third kappa shape index (κ3) is 4.97. The number of benzene rings is 1. The Hall–Kier alpha value is -3.91. The van der Waals surface area contributed by atoms with Crippen LogP contribution in [0.25, 0.3) is 10.9 Å². The van der Waals surface area contributed by atoms with Crippen LogP contribution in [-0.2, 0) is 4.74 Å². The molecule has 1 aliphatic heterocycles. The maximum Gasteiger partial charge on any atom is 0.343 e. The molecule has 2 fully saturated rings. The van der Waals surface area contributed by atoms with E-state index in [-0.39, 0.29) is 23.9 Å². The van der Waals surface area contributed by atoms with E-state index < -0.39 is 17.2 Å². The molecular weight excluding hydrogens is 448 g/mol. The Labute approximate surface area is 203 Å². The number of nitriles is 1. The Kier molecular flexibility index (Phi) is 7.02. The molecule has 0 atom stereocenters. The predicted molar refractivity (Wildman–Crippen MR) is 135 cm³/mol. The second-order valence-corrected chi connectivity index (χ2v) is 8.64. The lowest BCUT2D eigenvalue weighted by Gasteiger charge is -2.36. The smallest absolute Gasteiger partial charge is 0.343 e. The van der Waals surface area contributed by atoms with Gasteiger partial charge in [-0.3, -0.25) is 15.6 Å². The number of aromatic nitrogens is 1. The van der Waals surface area contributed by atoms with Crippen molar-refractivity contribution in [2.75, 3.05) is 49.7 Å². The highest BCUT2D eigenvalue weighted by Crippen LogP contribution is 2.39. The third-order valence-corrected chi connectivity index (χ3v) is 6.39. The van der Waals surface area contributed by atoms with Crippen molar-refractivity contribution < 1.29 is 9.53 Å². The van der Waals surface area contributed by atoms with E-state index >= 15 is 0 Å². The Balaban J connectivity index is 1.89. The number of hydrogen-bond donors (Lipinski definition) is 3. The molecule has 1 aliphatic carbocycles. The van der Waals surface area contributed by atoms with Gasteiger partial charge in [0.15, 0.2) is 5.84 Å². The van der Waals surface area contributed by atoms with Gasteiger partial charge in [-0.2, -0.15) is 10.4 Å². The molecule has 0 bridgehead atoms. The van der Waals surface area contributed by atoms with Crippen LogP contribution in [0.3, 0.4) is 0 Å². The van der Waals surface area contributed by atoms with Gasteiger partial charge in [0.25, 0.3) is 0 Å². The van der Waals surface area contributed by atoms with Crippen LogP contribution in [0.2, 0.25) is 0 Å². The average Bonchev–Trinajstić information content (AvgIpc) is 3.70. The van der Waals surface area contributed by atoms with Crippen molar-refractivity contribution in [3.8, 4) is 6.07 Å². The van der Waals surface area contributed by atoms with E-state index in [4.69, 9.17) is 15.9 Å². The molecule has 2 aromatic rings. The number of ether oxygens (including phenoxy) is 1. The highest BCUT2D eigenvalue weighted by molar-refractivity contribution is 6.45. The Morgan fingerprint density at radius 2 is 2.00 bits per heavy atom. The number of nitrogens with one attached hydrogen (secondary N) is 2. The van der Waals surface area contributed by atoms with E-state index in [0.29, 0.717) is 11.1 Å². The van der Waals surface area contributed by atoms with Gasteiger partial charge in [-0.25, -0.2) is 4.79 Å². The number of rotatable bonds is 8. The predicted octanol–water partition coefficient (Wildman–Crippen LogP) is 1.88. The number of nitrogens with two attached hydrogens (primary N) is 1. The summed E-state index contributed by atoms with van der Waals surface area (Å²) in [6, 6.07) is 5.63. The molecule has 184 valence electrons. The first kappa shape index (κ1) is 24.2. The molecule has 4 rings (SSSR count). The van der Waals surface area contributed by atoms with Gasteiger partial charge in [-0.05, 0) is 38.4 Å². The Morgan fingerprint density at radius 1 is 1.29 bits per heavy atom. The molecule has 0 unspecified atom stereocenters. The molecule has 35 heavy (non-hydrogen) atoms. The van der Waals surface area contributed by atoms with E-state index in [1.807, 2.05) is 10.6 Å². The normalized spacial score (nSPS) is 16.7. The number of pyridine rings is 1. The van der Waals surface area contributed by atoms with Crippen LogP contribution < -0.4 is 21.5 Å². The fourth-order valence-corrected chi connectivity index (χ4v) is 4.31. The SMILES string of the molecule is CCOC(=O)c1cn(C2CC2)c2cc(N3CCN(CC)CC3)c(N/N=C(\C#N)C(=N)N)cc2c1=O. The van der Waals surface area contributed by atoms with E-state index in [2.05, 4.69) is 27.3 Å². The summed E-state index contributed by atoms with van der Waals surface area (Å²) in [5.74, 6) is -1.11. The molecule has 11 nitrogen and oxygen atoms in total. The number of hydrogen-bond acceptors (Lipinski definition) is 9. The van der Waals surface area contributed by atoms with Crippen molar-refractivity contribution in [2.24, 2.45) is 10.8 Å². The van der Waals surface area contributed by atoms with Gasteiger partial charge in [-0.15, -0.1) is 0 Å². The molecule has 1 aromatic carbocycles. The summed E-state index contributed by atoms with van der Waals surface area (Å²) in [5.41, 5.74) is 9.67. The van der Waals surface area contributed by atoms with Crippen molar-refractivity contribution in [2.45, 2.75) is 32.7 Å². The summed E-state index contributed by atoms with van der Waals surface area (Å²) in [7, 11) is 0. The van der Waals surface area contributed by atoms with Gasteiger partial charge in [-0.1, -0.05) is 6.92 Å². The first-order valence-electron chi connectivity index (χ1n) is 11.8. The average molecular weight is 479 g/mol. The van der Waals surface area contributed by atoms with E-state index in [1.165, 1.54) is 0 Å². The molecule has 4 N–H and O–H groups in total. The van der Waals surface area contributed by atoms with Gasteiger partial charge < -0.3 is 24.8 Å². The van der Waals surface area contributed by atoms with Gasteiger partial charge in [0.2, 0.25) is 11.1 Å². The quantitative estimate of drug-likeness (QED) is 0.225. The number of fused-ring (bicyclic) bond motifs is 1. The van der Waals surface area contributed by atoms with Crippen molar-refractivity contribution in [1.82, 2.24) is 9.47 Å². The van der Waals surface area contributed by atoms with Crippen LogP contribution >= 0.6 is 0 Å². The minimum atomic E-state index is -0.649. The summed E-state index contributed by atoms with van der Waals surface area (Å²) in [6.45, 7) is 8.33. The summed E-state index contributed by atoms with van der Waals surface area (Å²) in [4.78, 5) is 30.5. The number of likely N-dealkylation sites (N-methyl/N-ethyl adjacent to an activating group) is 1. The number of carbonyl (C=O) groups is 1. The zero-order chi connectivity index (χ0) is 25.1. The first-order valence-corrected chi connectivity index (χ1v) is 11.8. The topological polar surface area (TPSA) is 153 Å². The number of piperazine rings is 1. The fraction of sp³-hybridized carbons (Fsp3) is 0.458. The number of carbonyl (C=O) groups excluding carboxylic acids is 1. The number of esters is 1. The van der Waals surface area contributed by atoms with Gasteiger partial charge in [0.1, 0.15) is 11.6 Å². The molecular formula is C24H30N8O3. The largest absolute Gasteiger partial charge is 0.462 e. The lowest BCUT2D eigenvalue weighted by atomic mass is 10.1. The summed E-state index contributed by atoms with van der Waals surface area (Å²) in [6.07, 6.45) is 3.56. The number of hydrazone groups is 1. The van der Waals surface area contributed by atoms with Gasteiger partial charge >= 0.3 is 5.97 Å². The van der Waals surface area contributed by atoms with E-state index in [9.17, 15) is 14.9 Å². The van der Waals surface area contributed by atoms with Crippen LogP contribution in [0.1, 0.15) is 43.1 Å². The van der Waals surface area contributed by atoms with Crippen LogP contribution in [0.4, 0.5) is 11.4 Å². The highest BCUT2D eigenvalue weighted by Gasteiger charge is 2.29. The molecule has 0 spiro atoms. The Morgan fingerprint density at radius 3 is 2.57 bits per heavy atom. The zero-order valence-electron chi connectivity index (χ0n) is 20.0. The number of nitrogens with zero attached hydrogens (tertiary/aromatic N) is 5. The van der Waals surface area contributed by atoms with Crippen molar-refractivity contribution in [3.63, 3.8) is 0 Å². The molecule has 2 heterocycles. The molecule has 0 amide bonds. The lowest BCUT2D eigenvalue weighted by Crippen LogP contribution is -2.46. The van der Waals surface area contributed by atoms with Crippen LogP contribution in [-0.4, -0.2) is 66.3 Å².